The van der Waals surface area contributed by atoms with E-state index in [1.165, 1.54) is 11.1 Å². The third-order valence-electron chi connectivity index (χ3n) is 4.13. The molecule has 1 N–H and O–H groups in total. The molecule has 26 heavy (non-hydrogen) atoms. The number of aromatic amines is 1. The molecule has 0 saturated carbocycles. The highest BCUT2D eigenvalue weighted by atomic mass is 79.9. The van der Waals surface area contributed by atoms with E-state index in [0.717, 1.165) is 30.0 Å². The Hall–Kier alpha value is -1.85. The Bertz CT molecular complexity index is 935. The second-order valence-corrected chi connectivity index (χ2v) is 7.61. The Morgan fingerprint density at radius 1 is 0.923 bits per heavy atom. The number of aromatic nitrogens is 1. The van der Waals surface area contributed by atoms with Gasteiger partial charge in [0.15, 0.2) is 0 Å². The number of hydrogen-bond acceptors (Lipinski definition) is 2. The van der Waals surface area contributed by atoms with Crippen LogP contribution in [0, 0.1) is 6.92 Å². The van der Waals surface area contributed by atoms with Crippen LogP contribution in [0.2, 0.25) is 0 Å². The molecule has 0 saturated heterocycles. The molecule has 0 aliphatic rings. The van der Waals surface area contributed by atoms with Crippen molar-refractivity contribution in [3.8, 4) is 16.9 Å². The van der Waals surface area contributed by atoms with E-state index in [9.17, 15) is 4.79 Å². The zero-order chi connectivity index (χ0) is 18.5. The van der Waals surface area contributed by atoms with Gasteiger partial charge in [-0.25, -0.2) is 0 Å². The Kier molecular flexibility index (Phi) is 6.33. The number of rotatable bonds is 6. The Morgan fingerprint density at radius 3 is 2.27 bits per heavy atom. The van der Waals surface area contributed by atoms with Crippen LogP contribution in [0.15, 0.2) is 68.3 Å². The molecule has 1 aromatic heterocycles. The van der Waals surface area contributed by atoms with Gasteiger partial charge in [-0.2, -0.15) is 0 Å². The highest BCUT2D eigenvalue weighted by Crippen LogP contribution is 2.22. The van der Waals surface area contributed by atoms with Gasteiger partial charge in [0.1, 0.15) is 5.75 Å². The van der Waals surface area contributed by atoms with Crippen molar-refractivity contribution in [2.45, 2.75) is 19.8 Å². The average molecular weight is 477 g/mol. The lowest BCUT2D eigenvalue weighted by Gasteiger charge is -2.10. The topological polar surface area (TPSA) is 42.1 Å². The molecule has 0 aliphatic heterocycles. The number of halogens is 2. The van der Waals surface area contributed by atoms with E-state index in [-0.39, 0.29) is 5.43 Å². The van der Waals surface area contributed by atoms with Crippen LogP contribution in [0.4, 0.5) is 0 Å². The SMILES string of the molecule is Cc1[nH]c(CCCOc2ccc(-c3ccccc3)cc2)c(Br)c(=O)c1Br. The summed E-state index contributed by atoms with van der Waals surface area (Å²) in [7, 11) is 0. The van der Waals surface area contributed by atoms with E-state index in [4.69, 9.17) is 4.74 Å². The van der Waals surface area contributed by atoms with Crippen LogP contribution in [-0.2, 0) is 6.42 Å². The monoisotopic (exact) mass is 475 g/mol. The molecule has 3 nitrogen and oxygen atoms in total. The van der Waals surface area contributed by atoms with Gasteiger partial charge in [0.05, 0.1) is 15.6 Å². The van der Waals surface area contributed by atoms with Crippen LogP contribution in [-0.4, -0.2) is 11.6 Å². The second-order valence-electron chi connectivity index (χ2n) is 6.03. The van der Waals surface area contributed by atoms with Crippen LogP contribution >= 0.6 is 31.9 Å². The summed E-state index contributed by atoms with van der Waals surface area (Å²) in [5.74, 6) is 0.851. The number of hydrogen-bond donors (Lipinski definition) is 1. The number of aryl methyl sites for hydroxylation is 2. The fraction of sp³-hybridized carbons (Fsp3) is 0.190. The van der Waals surface area contributed by atoms with Crippen molar-refractivity contribution in [3.63, 3.8) is 0 Å². The van der Waals surface area contributed by atoms with Crippen LogP contribution < -0.4 is 10.2 Å². The third kappa shape index (κ3) is 4.46. The summed E-state index contributed by atoms with van der Waals surface area (Å²) in [4.78, 5) is 15.3. The first-order chi connectivity index (χ1) is 12.6. The number of nitrogens with one attached hydrogen (secondary N) is 1. The van der Waals surface area contributed by atoms with Gasteiger partial charge in [0.25, 0.3) is 0 Å². The molecular weight excluding hydrogens is 458 g/mol. The normalized spacial score (nSPS) is 10.7. The first kappa shape index (κ1) is 18.9. The predicted molar refractivity (Wildman–Crippen MR) is 113 cm³/mol. The quantitative estimate of drug-likeness (QED) is 0.451. The summed E-state index contributed by atoms with van der Waals surface area (Å²) in [6.07, 6.45) is 1.56. The summed E-state index contributed by atoms with van der Waals surface area (Å²) in [6.45, 7) is 2.47. The summed E-state index contributed by atoms with van der Waals surface area (Å²) < 4.78 is 6.98. The zero-order valence-corrected chi connectivity index (χ0v) is 17.6. The van der Waals surface area contributed by atoms with E-state index < -0.39 is 0 Å². The van der Waals surface area contributed by atoms with Crippen molar-refractivity contribution >= 4 is 31.9 Å². The van der Waals surface area contributed by atoms with E-state index in [2.05, 4.69) is 61.1 Å². The van der Waals surface area contributed by atoms with Gasteiger partial charge in [-0.15, -0.1) is 0 Å². The maximum absolute atomic E-state index is 12.1. The van der Waals surface area contributed by atoms with Gasteiger partial charge in [-0.1, -0.05) is 42.5 Å². The number of pyridine rings is 1. The van der Waals surface area contributed by atoms with Crippen molar-refractivity contribution in [2.75, 3.05) is 6.61 Å². The van der Waals surface area contributed by atoms with Crippen molar-refractivity contribution in [3.05, 3.63) is 85.2 Å². The van der Waals surface area contributed by atoms with Crippen LogP contribution in [0.3, 0.4) is 0 Å². The van der Waals surface area contributed by atoms with Crippen molar-refractivity contribution in [2.24, 2.45) is 0 Å². The fourth-order valence-corrected chi connectivity index (χ4v) is 3.78. The first-order valence-electron chi connectivity index (χ1n) is 8.41. The second kappa shape index (κ2) is 8.69. The van der Waals surface area contributed by atoms with E-state index >= 15 is 0 Å². The highest BCUT2D eigenvalue weighted by Gasteiger charge is 2.10. The molecule has 0 fully saturated rings. The summed E-state index contributed by atoms with van der Waals surface area (Å²) in [5, 5.41) is 0. The lowest BCUT2D eigenvalue weighted by molar-refractivity contribution is 0.310. The molecule has 3 aromatic rings. The van der Waals surface area contributed by atoms with Crippen LogP contribution in [0.1, 0.15) is 17.8 Å². The smallest absolute Gasteiger partial charge is 0.210 e. The summed E-state index contributed by atoms with van der Waals surface area (Å²) >= 11 is 6.68. The van der Waals surface area contributed by atoms with Gasteiger partial charge in [-0.3, -0.25) is 4.79 Å². The maximum atomic E-state index is 12.1. The average Bonchev–Trinajstić information content (AvgIpc) is 2.68. The van der Waals surface area contributed by atoms with Crippen molar-refractivity contribution in [1.82, 2.24) is 4.98 Å². The van der Waals surface area contributed by atoms with Gasteiger partial charge in [0.2, 0.25) is 5.43 Å². The van der Waals surface area contributed by atoms with Gasteiger partial charge < -0.3 is 9.72 Å². The molecule has 134 valence electrons. The Balaban J connectivity index is 1.55. The van der Waals surface area contributed by atoms with Crippen LogP contribution in [0.5, 0.6) is 5.75 Å². The molecule has 0 unspecified atom stereocenters. The van der Waals surface area contributed by atoms with Crippen molar-refractivity contribution < 1.29 is 4.74 Å². The van der Waals surface area contributed by atoms with E-state index in [1.807, 2.05) is 37.3 Å². The maximum Gasteiger partial charge on any atom is 0.210 e. The first-order valence-corrected chi connectivity index (χ1v) is 10.00. The minimum atomic E-state index is -0.0198. The molecule has 5 heteroatoms. The standard InChI is InChI=1S/C21H19Br2NO2/c1-14-19(22)21(25)20(23)18(24-14)8-5-13-26-17-11-9-16(10-12-17)15-6-3-2-4-7-15/h2-4,6-7,9-12H,5,8,13H2,1H3,(H,24,25). The Labute approximate surface area is 169 Å². The molecular formula is C21H19Br2NO2. The highest BCUT2D eigenvalue weighted by molar-refractivity contribution is 9.11. The lowest BCUT2D eigenvalue weighted by atomic mass is 10.1. The fourth-order valence-electron chi connectivity index (χ4n) is 2.73. The molecule has 0 atom stereocenters. The van der Waals surface area contributed by atoms with Gasteiger partial charge >= 0.3 is 0 Å². The molecule has 3 rings (SSSR count). The van der Waals surface area contributed by atoms with Crippen molar-refractivity contribution in [1.29, 1.82) is 0 Å². The largest absolute Gasteiger partial charge is 0.494 e. The molecule has 0 amide bonds. The molecule has 0 radical (unpaired) electrons. The third-order valence-corrected chi connectivity index (χ3v) is 5.93. The molecule has 1 heterocycles. The zero-order valence-electron chi connectivity index (χ0n) is 14.4. The molecule has 0 aliphatic carbocycles. The van der Waals surface area contributed by atoms with Gasteiger partial charge in [0, 0.05) is 11.4 Å². The molecule has 0 bridgehead atoms. The van der Waals surface area contributed by atoms with Crippen LogP contribution in [0.25, 0.3) is 11.1 Å². The van der Waals surface area contributed by atoms with E-state index in [0.29, 0.717) is 15.6 Å². The minimum absolute atomic E-state index is 0.0198. The number of H-pyrrole nitrogens is 1. The number of ether oxygens (including phenoxy) is 1. The minimum Gasteiger partial charge on any atom is -0.494 e. The van der Waals surface area contributed by atoms with E-state index in [1.54, 1.807) is 0 Å². The molecule has 2 aromatic carbocycles. The van der Waals surface area contributed by atoms with Gasteiger partial charge in [-0.05, 0) is 74.9 Å². The molecule has 0 spiro atoms. The predicted octanol–water partition coefficient (Wildman–Crippen LogP) is 5.89. The Morgan fingerprint density at radius 2 is 1.58 bits per heavy atom. The number of benzene rings is 2. The lowest BCUT2D eigenvalue weighted by Crippen LogP contribution is -2.12. The summed E-state index contributed by atoms with van der Waals surface area (Å²) in [5.41, 5.74) is 4.08. The summed E-state index contributed by atoms with van der Waals surface area (Å²) in [6, 6.07) is 18.4.